The number of rotatable bonds is 4. The molecule has 1 fully saturated rings. The number of carbonyl (C=O) groups is 2. The van der Waals surface area contributed by atoms with E-state index in [0.29, 0.717) is 26.1 Å². The van der Waals surface area contributed by atoms with Crippen molar-refractivity contribution in [1.29, 1.82) is 0 Å². The summed E-state index contributed by atoms with van der Waals surface area (Å²) in [6.45, 7) is 1.44. The molecule has 3 amide bonds. The van der Waals surface area contributed by atoms with Crippen molar-refractivity contribution in [2.75, 3.05) is 0 Å². The van der Waals surface area contributed by atoms with Crippen molar-refractivity contribution in [3.63, 3.8) is 0 Å². The van der Waals surface area contributed by atoms with E-state index in [2.05, 4.69) is 21.7 Å². The number of fused-ring (bicyclic) bond motifs is 2. The second-order valence-corrected chi connectivity index (χ2v) is 7.29. The molecule has 5 rings (SSSR count). The molecule has 0 N–H and O–H groups in total. The number of amides is 3. The summed E-state index contributed by atoms with van der Waals surface area (Å²) in [5.41, 5.74) is 4.07. The number of imide groups is 1. The van der Waals surface area contributed by atoms with Gasteiger partial charge in [0.15, 0.2) is 0 Å². The zero-order valence-corrected chi connectivity index (χ0v) is 15.4. The van der Waals surface area contributed by atoms with E-state index in [0.717, 1.165) is 17.0 Å². The SMILES string of the molecule is O=C1[C@@H]2Cc3ncn(Cc4ccccc4)c3CN2C(=O)N1Cc1ccccc1. The molecular weight excluding hydrogens is 352 g/mol. The zero-order valence-electron chi connectivity index (χ0n) is 15.4. The fourth-order valence-electron chi connectivity index (χ4n) is 4.05. The number of hydrogen-bond donors (Lipinski definition) is 0. The predicted octanol–water partition coefficient (Wildman–Crippen LogP) is 2.82. The minimum Gasteiger partial charge on any atom is -0.328 e. The monoisotopic (exact) mass is 372 g/mol. The second kappa shape index (κ2) is 6.64. The topological polar surface area (TPSA) is 58.4 Å². The van der Waals surface area contributed by atoms with Gasteiger partial charge in [-0.2, -0.15) is 0 Å². The molecule has 6 heteroatoms. The van der Waals surface area contributed by atoms with Crippen LogP contribution >= 0.6 is 0 Å². The molecule has 2 aliphatic rings. The van der Waals surface area contributed by atoms with Crippen LogP contribution in [0.15, 0.2) is 67.0 Å². The van der Waals surface area contributed by atoms with Crippen LogP contribution in [0.3, 0.4) is 0 Å². The van der Waals surface area contributed by atoms with E-state index < -0.39 is 6.04 Å². The normalized spacial score (nSPS) is 18.4. The smallest absolute Gasteiger partial charge is 0.328 e. The number of imidazole rings is 1. The zero-order chi connectivity index (χ0) is 19.1. The standard InChI is InChI=1S/C22H20N4O2/c27-21-19-11-18-20(24(15-23-18)12-16-7-3-1-4-8-16)14-25(19)22(28)26(21)13-17-9-5-2-6-10-17/h1-10,15,19H,11-14H2/t19-/m0/s1. The molecule has 3 heterocycles. The van der Waals surface area contributed by atoms with E-state index in [-0.39, 0.29) is 11.9 Å². The number of carbonyl (C=O) groups excluding carboxylic acids is 2. The maximum absolute atomic E-state index is 13.0. The lowest BCUT2D eigenvalue weighted by molar-refractivity contribution is -0.128. The quantitative estimate of drug-likeness (QED) is 0.662. The van der Waals surface area contributed by atoms with Crippen molar-refractivity contribution in [2.45, 2.75) is 32.1 Å². The number of benzene rings is 2. The van der Waals surface area contributed by atoms with Crippen LogP contribution in [0.5, 0.6) is 0 Å². The lowest BCUT2D eigenvalue weighted by Crippen LogP contribution is -2.40. The van der Waals surface area contributed by atoms with E-state index >= 15 is 0 Å². The van der Waals surface area contributed by atoms with Crippen molar-refractivity contribution in [1.82, 2.24) is 19.4 Å². The van der Waals surface area contributed by atoms with Crippen molar-refractivity contribution < 1.29 is 9.59 Å². The number of hydrogen-bond acceptors (Lipinski definition) is 3. The van der Waals surface area contributed by atoms with Gasteiger partial charge in [-0.15, -0.1) is 0 Å². The summed E-state index contributed by atoms with van der Waals surface area (Å²) >= 11 is 0. The maximum atomic E-state index is 13.0. The molecule has 0 saturated carbocycles. The van der Waals surface area contributed by atoms with Crippen molar-refractivity contribution >= 4 is 11.9 Å². The highest BCUT2D eigenvalue weighted by molar-refractivity contribution is 6.04. The van der Waals surface area contributed by atoms with Gasteiger partial charge in [0.05, 0.1) is 30.8 Å². The highest BCUT2D eigenvalue weighted by Gasteiger charge is 2.48. The molecule has 1 atom stereocenters. The molecule has 0 radical (unpaired) electrons. The highest BCUT2D eigenvalue weighted by atomic mass is 16.2. The Morgan fingerprint density at radius 3 is 2.21 bits per heavy atom. The average Bonchev–Trinajstić information content (AvgIpc) is 3.22. The third kappa shape index (κ3) is 2.78. The molecule has 6 nitrogen and oxygen atoms in total. The lowest BCUT2D eigenvalue weighted by atomic mass is 10.0. The maximum Gasteiger partial charge on any atom is 0.328 e. The molecular formula is C22H20N4O2. The fraction of sp³-hybridized carbons (Fsp3) is 0.227. The number of nitrogens with zero attached hydrogens (tertiary/aromatic N) is 4. The lowest BCUT2D eigenvalue weighted by Gasteiger charge is -2.27. The van der Waals surface area contributed by atoms with E-state index in [1.165, 1.54) is 10.5 Å². The first-order chi connectivity index (χ1) is 13.7. The van der Waals surface area contributed by atoms with Gasteiger partial charge >= 0.3 is 6.03 Å². The van der Waals surface area contributed by atoms with Gasteiger partial charge < -0.3 is 9.47 Å². The highest BCUT2D eigenvalue weighted by Crippen LogP contribution is 2.30. The Kier molecular flexibility index (Phi) is 3.97. The van der Waals surface area contributed by atoms with Crippen LogP contribution in [-0.2, 0) is 30.8 Å². The predicted molar refractivity (Wildman–Crippen MR) is 103 cm³/mol. The molecule has 0 unspecified atom stereocenters. The van der Waals surface area contributed by atoms with Gasteiger partial charge in [-0.3, -0.25) is 9.69 Å². The van der Waals surface area contributed by atoms with Crippen LogP contribution in [0.1, 0.15) is 22.5 Å². The minimum atomic E-state index is -0.441. The molecule has 140 valence electrons. The van der Waals surface area contributed by atoms with Crippen molar-refractivity contribution in [3.8, 4) is 0 Å². The molecule has 0 spiro atoms. The molecule has 2 aromatic carbocycles. The van der Waals surface area contributed by atoms with E-state index in [1.807, 2.05) is 54.9 Å². The van der Waals surface area contributed by atoms with Crippen LogP contribution < -0.4 is 0 Å². The largest absolute Gasteiger partial charge is 0.328 e. The van der Waals surface area contributed by atoms with Gasteiger partial charge in [0.25, 0.3) is 5.91 Å². The second-order valence-electron chi connectivity index (χ2n) is 7.29. The molecule has 1 saturated heterocycles. The first kappa shape index (κ1) is 16.7. The van der Waals surface area contributed by atoms with E-state index in [1.54, 1.807) is 4.90 Å². The summed E-state index contributed by atoms with van der Waals surface area (Å²) in [6.07, 6.45) is 2.30. The number of aromatic nitrogens is 2. The molecule has 28 heavy (non-hydrogen) atoms. The Bertz CT molecular complexity index is 1030. The van der Waals surface area contributed by atoms with Gasteiger partial charge in [0.2, 0.25) is 0 Å². The molecule has 2 aliphatic heterocycles. The Balaban J connectivity index is 1.39. The average molecular weight is 372 g/mol. The number of urea groups is 1. The molecule has 0 bridgehead atoms. The Morgan fingerprint density at radius 1 is 0.893 bits per heavy atom. The Labute approximate surface area is 163 Å². The van der Waals surface area contributed by atoms with E-state index in [4.69, 9.17) is 0 Å². The summed E-state index contributed by atoms with van der Waals surface area (Å²) in [7, 11) is 0. The van der Waals surface area contributed by atoms with Gasteiger partial charge in [0, 0.05) is 13.0 Å². The van der Waals surface area contributed by atoms with Gasteiger partial charge in [0.1, 0.15) is 6.04 Å². The van der Waals surface area contributed by atoms with Crippen LogP contribution in [0, 0.1) is 0 Å². The van der Waals surface area contributed by atoms with Crippen molar-refractivity contribution in [2.24, 2.45) is 0 Å². The minimum absolute atomic E-state index is 0.128. The third-order valence-corrected chi connectivity index (χ3v) is 5.52. The third-order valence-electron chi connectivity index (χ3n) is 5.52. The van der Waals surface area contributed by atoms with Crippen LogP contribution in [0.4, 0.5) is 4.79 Å². The Hall–Kier alpha value is -3.41. The van der Waals surface area contributed by atoms with Crippen molar-refractivity contribution in [3.05, 3.63) is 89.5 Å². The van der Waals surface area contributed by atoms with Gasteiger partial charge in [-0.1, -0.05) is 60.7 Å². The van der Waals surface area contributed by atoms with Crippen LogP contribution in [0.2, 0.25) is 0 Å². The summed E-state index contributed by atoms with van der Waals surface area (Å²) in [6, 6.07) is 19.1. The molecule has 0 aliphatic carbocycles. The van der Waals surface area contributed by atoms with Gasteiger partial charge in [-0.25, -0.2) is 9.78 Å². The first-order valence-corrected chi connectivity index (χ1v) is 9.43. The van der Waals surface area contributed by atoms with E-state index in [9.17, 15) is 9.59 Å². The first-order valence-electron chi connectivity index (χ1n) is 9.43. The summed E-state index contributed by atoms with van der Waals surface area (Å²) < 4.78 is 2.08. The van der Waals surface area contributed by atoms with Crippen LogP contribution in [0.25, 0.3) is 0 Å². The fourth-order valence-corrected chi connectivity index (χ4v) is 4.05. The summed E-state index contributed by atoms with van der Waals surface area (Å²) in [4.78, 5) is 33.4. The molecule has 1 aromatic heterocycles. The van der Waals surface area contributed by atoms with Gasteiger partial charge in [-0.05, 0) is 11.1 Å². The molecule has 3 aromatic rings. The summed E-state index contributed by atoms with van der Waals surface area (Å²) in [5, 5.41) is 0. The van der Waals surface area contributed by atoms with Crippen LogP contribution in [-0.4, -0.2) is 37.3 Å². The summed E-state index contributed by atoms with van der Waals surface area (Å²) in [5.74, 6) is -0.128. The Morgan fingerprint density at radius 2 is 1.54 bits per heavy atom.